The number of likely N-dealkylation sites (tertiary alicyclic amines) is 1. The highest BCUT2D eigenvalue weighted by Crippen LogP contribution is 2.34. The summed E-state index contributed by atoms with van der Waals surface area (Å²) in [4.78, 5) is 41.1. The summed E-state index contributed by atoms with van der Waals surface area (Å²) in [6, 6.07) is 11.0. The molecule has 3 amide bonds. The largest absolute Gasteiger partial charge is 0.370 e. The van der Waals surface area contributed by atoms with E-state index < -0.39 is 5.91 Å². The number of carbonyl (C=O) groups excluding carboxylic acids is 3. The van der Waals surface area contributed by atoms with Crippen molar-refractivity contribution in [1.29, 1.82) is 0 Å². The summed E-state index contributed by atoms with van der Waals surface area (Å²) < 4.78 is 0. The van der Waals surface area contributed by atoms with Gasteiger partial charge in [0.1, 0.15) is 0 Å². The molecule has 0 saturated carbocycles. The Bertz CT molecular complexity index is 1120. The van der Waals surface area contributed by atoms with Gasteiger partial charge in [-0.3, -0.25) is 14.4 Å². The lowest BCUT2D eigenvalue weighted by atomic mass is 9.91. The number of halogens is 2. The van der Waals surface area contributed by atoms with E-state index in [1.165, 1.54) is 5.56 Å². The monoisotopic (exact) mass is 516 g/mol. The molecule has 35 heavy (non-hydrogen) atoms. The van der Waals surface area contributed by atoms with E-state index in [1.807, 2.05) is 29.2 Å². The molecule has 2 aromatic rings. The van der Waals surface area contributed by atoms with E-state index in [2.05, 4.69) is 10.2 Å². The first-order valence-corrected chi connectivity index (χ1v) is 12.7. The first-order valence-electron chi connectivity index (χ1n) is 12.0. The molecule has 9 heteroatoms. The average Bonchev–Trinajstić information content (AvgIpc) is 3.33. The molecule has 0 bridgehead atoms. The van der Waals surface area contributed by atoms with Gasteiger partial charge in [-0.25, -0.2) is 0 Å². The number of rotatable bonds is 8. The third-order valence-electron chi connectivity index (χ3n) is 6.67. The molecule has 1 atom stereocenters. The number of fused-ring (bicyclic) bond motifs is 1. The highest BCUT2D eigenvalue weighted by molar-refractivity contribution is 6.42. The second-order valence-electron chi connectivity index (χ2n) is 9.21. The quantitative estimate of drug-likeness (QED) is 0.554. The Morgan fingerprint density at radius 3 is 2.46 bits per heavy atom. The van der Waals surface area contributed by atoms with Gasteiger partial charge in [0.15, 0.2) is 0 Å². The fraction of sp³-hybridized carbons (Fsp3) is 0.423. The highest BCUT2D eigenvalue weighted by atomic mass is 35.5. The SMILES string of the molecule is NC(=O)CCC(=O)Nc1ccc2c(c1)C(CN1CCCC1)N(C(=O)Cc1ccc(Cl)c(Cl)c1)CC2. The second-order valence-corrected chi connectivity index (χ2v) is 10.0. The van der Waals surface area contributed by atoms with E-state index in [0.717, 1.165) is 50.0 Å². The van der Waals surface area contributed by atoms with Crippen LogP contribution < -0.4 is 11.1 Å². The second kappa shape index (κ2) is 11.4. The van der Waals surface area contributed by atoms with Crippen LogP contribution in [0.1, 0.15) is 48.4 Å². The Kier molecular flexibility index (Phi) is 8.31. The molecule has 0 radical (unpaired) electrons. The molecule has 2 aromatic carbocycles. The zero-order chi connectivity index (χ0) is 24.9. The maximum atomic E-state index is 13.5. The fourth-order valence-corrected chi connectivity index (χ4v) is 5.19. The van der Waals surface area contributed by atoms with Gasteiger partial charge in [0.2, 0.25) is 17.7 Å². The molecule has 3 N–H and O–H groups in total. The van der Waals surface area contributed by atoms with Crippen LogP contribution in [0.4, 0.5) is 5.69 Å². The third kappa shape index (κ3) is 6.54. The zero-order valence-electron chi connectivity index (χ0n) is 19.6. The minimum atomic E-state index is -0.507. The summed E-state index contributed by atoms with van der Waals surface area (Å²) in [5, 5.41) is 3.77. The van der Waals surface area contributed by atoms with Crippen LogP contribution in [0.2, 0.25) is 10.0 Å². The van der Waals surface area contributed by atoms with Crippen molar-refractivity contribution in [1.82, 2.24) is 9.80 Å². The molecule has 1 saturated heterocycles. The van der Waals surface area contributed by atoms with Crippen molar-refractivity contribution in [2.75, 3.05) is 31.5 Å². The maximum absolute atomic E-state index is 13.5. The maximum Gasteiger partial charge on any atom is 0.227 e. The van der Waals surface area contributed by atoms with Crippen LogP contribution in [0.15, 0.2) is 36.4 Å². The van der Waals surface area contributed by atoms with E-state index >= 15 is 0 Å². The number of amides is 3. The van der Waals surface area contributed by atoms with Crippen LogP contribution in [-0.4, -0.2) is 53.7 Å². The molecular formula is C26H30Cl2N4O3. The van der Waals surface area contributed by atoms with E-state index in [1.54, 1.807) is 12.1 Å². The molecule has 1 unspecified atom stereocenters. The number of hydrogen-bond acceptors (Lipinski definition) is 4. The minimum Gasteiger partial charge on any atom is -0.370 e. The number of hydrogen-bond donors (Lipinski definition) is 2. The standard InChI is InChI=1S/C26H30Cl2N4O3/c27-21-6-3-17(13-22(21)28)14-26(35)32-12-9-18-4-5-19(30-25(34)8-7-24(29)33)15-20(18)23(32)16-31-10-1-2-11-31/h3-6,13,15,23H,1-2,7-12,14,16H2,(H2,29,33)(H,30,34). The van der Waals surface area contributed by atoms with Gasteiger partial charge in [-0.05, 0) is 73.3 Å². The van der Waals surface area contributed by atoms with Crippen LogP contribution >= 0.6 is 23.2 Å². The normalized spacial score (nSPS) is 17.8. The lowest BCUT2D eigenvalue weighted by Gasteiger charge is -2.39. The number of nitrogens with zero attached hydrogens (tertiary/aromatic N) is 2. The van der Waals surface area contributed by atoms with E-state index in [0.29, 0.717) is 22.3 Å². The number of benzene rings is 2. The molecule has 0 aliphatic carbocycles. The van der Waals surface area contributed by atoms with Crippen molar-refractivity contribution in [3.63, 3.8) is 0 Å². The number of primary amides is 1. The Hall–Kier alpha value is -2.61. The Morgan fingerprint density at radius 2 is 1.74 bits per heavy atom. The Labute approximate surface area is 215 Å². The third-order valence-corrected chi connectivity index (χ3v) is 7.41. The van der Waals surface area contributed by atoms with Crippen LogP contribution in [0.3, 0.4) is 0 Å². The van der Waals surface area contributed by atoms with Crippen molar-refractivity contribution in [2.24, 2.45) is 5.73 Å². The number of nitrogens with two attached hydrogens (primary N) is 1. The van der Waals surface area contributed by atoms with Crippen LogP contribution in [0.5, 0.6) is 0 Å². The van der Waals surface area contributed by atoms with Crippen molar-refractivity contribution in [2.45, 2.75) is 44.6 Å². The van der Waals surface area contributed by atoms with Crippen molar-refractivity contribution in [3.05, 3.63) is 63.1 Å². The summed E-state index contributed by atoms with van der Waals surface area (Å²) in [6.45, 7) is 3.42. The topological polar surface area (TPSA) is 95.7 Å². The summed E-state index contributed by atoms with van der Waals surface area (Å²) >= 11 is 12.2. The van der Waals surface area contributed by atoms with Crippen molar-refractivity contribution < 1.29 is 14.4 Å². The summed E-state index contributed by atoms with van der Waals surface area (Å²) in [5.74, 6) is -0.732. The molecule has 0 spiro atoms. The molecule has 7 nitrogen and oxygen atoms in total. The molecule has 186 valence electrons. The Balaban J connectivity index is 1.56. The van der Waals surface area contributed by atoms with Crippen molar-refractivity contribution in [3.8, 4) is 0 Å². The Morgan fingerprint density at radius 1 is 0.971 bits per heavy atom. The lowest BCUT2D eigenvalue weighted by Crippen LogP contribution is -2.45. The van der Waals surface area contributed by atoms with Gasteiger partial charge in [-0.1, -0.05) is 35.3 Å². The molecule has 2 aliphatic rings. The molecule has 2 aliphatic heterocycles. The molecule has 0 aromatic heterocycles. The molecule has 1 fully saturated rings. The first-order chi connectivity index (χ1) is 16.8. The number of nitrogens with one attached hydrogen (secondary N) is 1. The van der Waals surface area contributed by atoms with Crippen LogP contribution in [0.25, 0.3) is 0 Å². The zero-order valence-corrected chi connectivity index (χ0v) is 21.1. The molecular weight excluding hydrogens is 487 g/mol. The van der Waals surface area contributed by atoms with Gasteiger partial charge in [-0.15, -0.1) is 0 Å². The van der Waals surface area contributed by atoms with E-state index in [-0.39, 0.29) is 37.1 Å². The summed E-state index contributed by atoms with van der Waals surface area (Å²) in [5.41, 5.74) is 8.88. The van der Waals surface area contributed by atoms with E-state index in [9.17, 15) is 14.4 Å². The van der Waals surface area contributed by atoms with Gasteiger partial charge in [0.25, 0.3) is 0 Å². The summed E-state index contributed by atoms with van der Waals surface area (Å²) in [7, 11) is 0. The fourth-order valence-electron chi connectivity index (χ4n) is 4.87. The molecule has 2 heterocycles. The smallest absolute Gasteiger partial charge is 0.227 e. The average molecular weight is 517 g/mol. The predicted molar refractivity (Wildman–Crippen MR) is 137 cm³/mol. The van der Waals surface area contributed by atoms with Crippen LogP contribution in [-0.2, 0) is 27.2 Å². The molecule has 4 rings (SSSR count). The van der Waals surface area contributed by atoms with Gasteiger partial charge in [0, 0.05) is 31.6 Å². The highest BCUT2D eigenvalue weighted by Gasteiger charge is 2.33. The van der Waals surface area contributed by atoms with Gasteiger partial charge >= 0.3 is 0 Å². The first kappa shape index (κ1) is 25.5. The van der Waals surface area contributed by atoms with Gasteiger partial charge in [0.05, 0.1) is 22.5 Å². The van der Waals surface area contributed by atoms with E-state index in [4.69, 9.17) is 28.9 Å². The minimum absolute atomic E-state index is 0.00531. The van der Waals surface area contributed by atoms with Crippen LogP contribution in [0, 0.1) is 0 Å². The number of carbonyl (C=O) groups is 3. The van der Waals surface area contributed by atoms with Gasteiger partial charge < -0.3 is 20.9 Å². The summed E-state index contributed by atoms with van der Waals surface area (Å²) in [6.07, 6.45) is 3.35. The van der Waals surface area contributed by atoms with Crippen molar-refractivity contribution >= 4 is 46.6 Å². The lowest BCUT2D eigenvalue weighted by molar-refractivity contribution is -0.133. The predicted octanol–water partition coefficient (Wildman–Crippen LogP) is 3.96. The van der Waals surface area contributed by atoms with Gasteiger partial charge in [-0.2, -0.15) is 0 Å². The number of anilines is 1.